The van der Waals surface area contributed by atoms with Crippen LogP contribution in [0.3, 0.4) is 0 Å². The molecule has 1 N–H and O–H groups in total. The number of nitrogens with zero attached hydrogens (tertiary/aromatic N) is 3. The molecule has 0 spiro atoms. The molecule has 0 bridgehead atoms. The number of allylic oxidation sites excluding steroid dienone is 1. The van der Waals surface area contributed by atoms with Crippen LogP contribution in [0.1, 0.15) is 46.8 Å². The lowest BCUT2D eigenvalue weighted by atomic mass is 9.88. The predicted octanol–water partition coefficient (Wildman–Crippen LogP) is 5.99. The van der Waals surface area contributed by atoms with Crippen molar-refractivity contribution in [1.29, 1.82) is 0 Å². The first-order valence-corrected chi connectivity index (χ1v) is 12.2. The van der Waals surface area contributed by atoms with Crippen LogP contribution in [-0.4, -0.2) is 38.8 Å². The quantitative estimate of drug-likeness (QED) is 0.236. The third kappa shape index (κ3) is 4.75. The molecule has 0 fully saturated rings. The molecule has 7 nitrogen and oxygen atoms in total. The highest BCUT2D eigenvalue weighted by Crippen LogP contribution is 2.42. The Balaban J connectivity index is 1.45. The standard InChI is InChI=1S/C28H25ClN4O3/c1-3-35-25-16-20-7-6-10-23(28(34)36-17(2)29)26(20)24(25)15-18-11-13-19(14-12-18)21-8-4-5-9-22(21)27-30-32-33-31-27/h4-14,16-17,24H,3,15H2,1-2H3,(H,30,31,32,33). The highest BCUT2D eigenvalue weighted by atomic mass is 35.5. The molecule has 1 aliphatic rings. The first kappa shape index (κ1) is 23.8. The summed E-state index contributed by atoms with van der Waals surface area (Å²) in [6, 6.07) is 22.0. The number of H-pyrrole nitrogens is 1. The molecule has 0 radical (unpaired) electrons. The summed E-state index contributed by atoms with van der Waals surface area (Å²) in [5, 5.41) is 14.5. The summed E-state index contributed by atoms with van der Waals surface area (Å²) in [6.45, 7) is 4.13. The first-order chi connectivity index (χ1) is 17.5. The maximum Gasteiger partial charge on any atom is 0.339 e. The van der Waals surface area contributed by atoms with Gasteiger partial charge in [0.2, 0.25) is 5.82 Å². The zero-order chi connectivity index (χ0) is 25.1. The topological polar surface area (TPSA) is 90.0 Å². The summed E-state index contributed by atoms with van der Waals surface area (Å²) >= 11 is 5.93. The third-order valence-corrected chi connectivity index (χ3v) is 6.24. The van der Waals surface area contributed by atoms with Crippen molar-refractivity contribution in [1.82, 2.24) is 20.6 Å². The van der Waals surface area contributed by atoms with E-state index in [4.69, 9.17) is 21.1 Å². The normalized spacial score (nSPS) is 15.2. The fraction of sp³-hybridized carbons (Fsp3) is 0.214. The van der Waals surface area contributed by atoms with E-state index in [2.05, 4.69) is 44.9 Å². The number of nitrogens with one attached hydrogen (secondary N) is 1. The van der Waals surface area contributed by atoms with Gasteiger partial charge in [0.05, 0.1) is 12.2 Å². The van der Waals surface area contributed by atoms with Crippen molar-refractivity contribution in [3.05, 3.63) is 94.7 Å². The molecule has 1 aliphatic carbocycles. The van der Waals surface area contributed by atoms with Crippen molar-refractivity contribution >= 4 is 23.6 Å². The summed E-state index contributed by atoms with van der Waals surface area (Å²) < 4.78 is 11.3. The van der Waals surface area contributed by atoms with Gasteiger partial charge >= 0.3 is 5.97 Å². The molecule has 0 saturated carbocycles. The highest BCUT2D eigenvalue weighted by molar-refractivity contribution is 6.20. The number of carbonyl (C=O) groups is 1. The molecule has 1 heterocycles. The van der Waals surface area contributed by atoms with E-state index in [1.807, 2.05) is 49.4 Å². The Morgan fingerprint density at radius 3 is 2.53 bits per heavy atom. The van der Waals surface area contributed by atoms with Crippen LogP contribution >= 0.6 is 11.6 Å². The Kier molecular flexibility index (Phi) is 6.82. The Morgan fingerprint density at radius 1 is 1.06 bits per heavy atom. The number of alkyl halides is 1. The zero-order valence-electron chi connectivity index (χ0n) is 19.9. The van der Waals surface area contributed by atoms with Gasteiger partial charge in [0.1, 0.15) is 5.76 Å². The molecule has 2 atom stereocenters. The number of hydrogen-bond donors (Lipinski definition) is 1. The third-order valence-electron chi connectivity index (χ3n) is 6.15. The van der Waals surface area contributed by atoms with Gasteiger partial charge in [0.15, 0.2) is 5.56 Å². The van der Waals surface area contributed by atoms with E-state index >= 15 is 0 Å². The van der Waals surface area contributed by atoms with Crippen LogP contribution in [-0.2, 0) is 15.9 Å². The molecule has 36 heavy (non-hydrogen) atoms. The minimum atomic E-state index is -0.713. The Labute approximate surface area is 214 Å². The van der Waals surface area contributed by atoms with Crippen LogP contribution in [0.4, 0.5) is 0 Å². The molecule has 8 heteroatoms. The van der Waals surface area contributed by atoms with Crippen molar-refractivity contribution < 1.29 is 14.3 Å². The van der Waals surface area contributed by atoms with Gasteiger partial charge in [-0.15, -0.1) is 10.2 Å². The van der Waals surface area contributed by atoms with Crippen LogP contribution in [0.2, 0.25) is 0 Å². The lowest BCUT2D eigenvalue weighted by Gasteiger charge is -2.20. The monoisotopic (exact) mass is 500 g/mol. The van der Waals surface area contributed by atoms with Gasteiger partial charge in [0.25, 0.3) is 0 Å². The zero-order valence-corrected chi connectivity index (χ0v) is 20.7. The number of fused-ring (bicyclic) bond motifs is 1. The predicted molar refractivity (Wildman–Crippen MR) is 138 cm³/mol. The fourth-order valence-corrected chi connectivity index (χ4v) is 4.74. The van der Waals surface area contributed by atoms with E-state index in [0.29, 0.717) is 24.4 Å². The number of hydrogen-bond acceptors (Lipinski definition) is 6. The van der Waals surface area contributed by atoms with Gasteiger partial charge in [0, 0.05) is 11.5 Å². The molecule has 0 amide bonds. The minimum Gasteiger partial charge on any atom is -0.498 e. The molecule has 5 rings (SSSR count). The average molecular weight is 501 g/mol. The van der Waals surface area contributed by atoms with Crippen LogP contribution in [0.25, 0.3) is 28.6 Å². The van der Waals surface area contributed by atoms with Gasteiger partial charge in [-0.1, -0.05) is 72.3 Å². The summed E-state index contributed by atoms with van der Waals surface area (Å²) in [7, 11) is 0. The SMILES string of the molecule is CCOC1=Cc2cccc(C(=O)OC(C)Cl)c2C1Cc1ccc(-c2ccccc2-c2nn[nH]n2)cc1. The second-order valence-electron chi connectivity index (χ2n) is 8.47. The van der Waals surface area contributed by atoms with Crippen molar-refractivity contribution in [2.45, 2.75) is 31.7 Å². The highest BCUT2D eigenvalue weighted by Gasteiger charge is 2.32. The van der Waals surface area contributed by atoms with Crippen LogP contribution < -0.4 is 0 Å². The number of aromatic nitrogens is 4. The molecular formula is C28H25ClN4O3. The minimum absolute atomic E-state index is 0.105. The van der Waals surface area contributed by atoms with Crippen LogP contribution in [0.15, 0.2) is 72.5 Å². The van der Waals surface area contributed by atoms with Gasteiger partial charge in [-0.3, -0.25) is 0 Å². The van der Waals surface area contributed by atoms with E-state index in [1.54, 1.807) is 13.0 Å². The smallest absolute Gasteiger partial charge is 0.339 e. The fourth-order valence-electron chi connectivity index (χ4n) is 4.66. The number of carbonyl (C=O) groups excluding carboxylic acids is 1. The van der Waals surface area contributed by atoms with Crippen molar-refractivity contribution in [3.63, 3.8) is 0 Å². The molecule has 4 aromatic rings. The summed E-state index contributed by atoms with van der Waals surface area (Å²) in [5.74, 6) is 0.860. The number of rotatable bonds is 8. The van der Waals surface area contributed by atoms with Crippen molar-refractivity contribution in [3.8, 4) is 22.5 Å². The van der Waals surface area contributed by atoms with Gasteiger partial charge in [-0.2, -0.15) is 5.21 Å². The lowest BCUT2D eigenvalue weighted by molar-refractivity contribution is 0.0470. The number of esters is 1. The summed E-state index contributed by atoms with van der Waals surface area (Å²) in [6.07, 6.45) is 2.69. The Morgan fingerprint density at radius 2 is 1.83 bits per heavy atom. The van der Waals surface area contributed by atoms with E-state index < -0.39 is 11.5 Å². The van der Waals surface area contributed by atoms with E-state index in [-0.39, 0.29) is 5.92 Å². The molecule has 0 aliphatic heterocycles. The van der Waals surface area contributed by atoms with Gasteiger partial charge in [-0.05, 0) is 65.4 Å². The van der Waals surface area contributed by atoms with Crippen LogP contribution in [0.5, 0.6) is 0 Å². The number of ether oxygens (including phenoxy) is 2. The number of halogens is 1. The number of tetrazole rings is 1. The molecule has 2 unspecified atom stereocenters. The first-order valence-electron chi connectivity index (χ1n) is 11.8. The van der Waals surface area contributed by atoms with Crippen molar-refractivity contribution in [2.24, 2.45) is 0 Å². The molecule has 1 aromatic heterocycles. The number of aromatic amines is 1. The van der Waals surface area contributed by atoms with Gasteiger partial charge in [-0.25, -0.2) is 4.79 Å². The summed E-state index contributed by atoms with van der Waals surface area (Å²) in [4.78, 5) is 12.8. The van der Waals surface area contributed by atoms with E-state index in [1.165, 1.54) is 0 Å². The second-order valence-corrected chi connectivity index (χ2v) is 9.09. The Hall–Kier alpha value is -3.97. The largest absolute Gasteiger partial charge is 0.498 e. The van der Waals surface area contributed by atoms with E-state index in [9.17, 15) is 4.79 Å². The average Bonchev–Trinajstić information content (AvgIpc) is 3.53. The number of benzene rings is 3. The second kappa shape index (κ2) is 10.3. The van der Waals surface area contributed by atoms with E-state index in [0.717, 1.165) is 39.1 Å². The Bertz CT molecular complexity index is 1400. The maximum absolute atomic E-state index is 12.8. The maximum atomic E-state index is 12.8. The lowest BCUT2D eigenvalue weighted by Crippen LogP contribution is -2.15. The van der Waals surface area contributed by atoms with Gasteiger partial charge < -0.3 is 9.47 Å². The summed E-state index contributed by atoms with van der Waals surface area (Å²) in [5.41, 5.74) is 5.77. The molecule has 182 valence electrons. The molecule has 0 saturated heterocycles. The van der Waals surface area contributed by atoms with Crippen molar-refractivity contribution in [2.75, 3.05) is 6.61 Å². The van der Waals surface area contributed by atoms with Crippen LogP contribution in [0, 0.1) is 0 Å². The molecule has 3 aromatic carbocycles. The molecular weight excluding hydrogens is 476 g/mol.